The fourth-order valence-electron chi connectivity index (χ4n) is 4.18. The Morgan fingerprint density at radius 1 is 1.12 bits per heavy atom. The smallest absolute Gasteiger partial charge is 0.351 e. The van der Waals surface area contributed by atoms with Crippen LogP contribution in [-0.4, -0.2) is 40.3 Å². The molecule has 3 atom stereocenters. The SMILES string of the molecule is NCCCCC(OP(=O)(O)C(NC(=O)CCc1ccccc1)C1CCCCCC1)C(=O)O. The number of carboxylic acid groups (broad SMARTS) is 1. The quantitative estimate of drug-likeness (QED) is 0.196. The maximum Gasteiger partial charge on any atom is 0.351 e. The Morgan fingerprint density at radius 2 is 1.78 bits per heavy atom. The number of amides is 1. The van der Waals surface area contributed by atoms with Crippen LogP contribution in [0.25, 0.3) is 0 Å². The standard InChI is InChI=1S/C23H37N2O6P/c24-17-9-8-14-20(23(27)28)31-32(29,30)22(19-12-6-1-2-7-13-19)25-21(26)16-15-18-10-4-3-5-11-18/h3-5,10-11,19-20,22H,1-2,6-9,12-17,24H2,(H,25,26)(H,27,28)(H,29,30). The summed E-state index contributed by atoms with van der Waals surface area (Å²) in [6, 6.07) is 9.54. The van der Waals surface area contributed by atoms with E-state index in [9.17, 15) is 24.2 Å². The van der Waals surface area contributed by atoms with E-state index in [-0.39, 0.29) is 24.7 Å². The lowest BCUT2D eigenvalue weighted by Crippen LogP contribution is -2.41. The molecule has 0 aliphatic heterocycles. The number of hydrogen-bond acceptors (Lipinski definition) is 5. The van der Waals surface area contributed by atoms with Crippen molar-refractivity contribution in [2.24, 2.45) is 11.7 Å². The molecule has 1 aliphatic rings. The van der Waals surface area contributed by atoms with Gasteiger partial charge in [-0.1, -0.05) is 56.0 Å². The Labute approximate surface area is 190 Å². The highest BCUT2D eigenvalue weighted by atomic mass is 31.2. The number of hydrogen-bond donors (Lipinski definition) is 4. The molecule has 180 valence electrons. The van der Waals surface area contributed by atoms with E-state index in [0.717, 1.165) is 31.2 Å². The van der Waals surface area contributed by atoms with E-state index in [1.807, 2.05) is 30.3 Å². The van der Waals surface area contributed by atoms with Crippen LogP contribution in [0.5, 0.6) is 0 Å². The van der Waals surface area contributed by atoms with Gasteiger partial charge in [-0.05, 0) is 56.6 Å². The molecule has 5 N–H and O–H groups in total. The number of carboxylic acids is 1. The summed E-state index contributed by atoms with van der Waals surface area (Å²) in [4.78, 5) is 35.2. The van der Waals surface area contributed by atoms with Gasteiger partial charge in [-0.25, -0.2) is 4.79 Å². The van der Waals surface area contributed by atoms with Crippen molar-refractivity contribution in [2.45, 2.75) is 82.5 Å². The normalized spacial score (nSPS) is 18.8. The summed E-state index contributed by atoms with van der Waals surface area (Å²) < 4.78 is 18.6. The lowest BCUT2D eigenvalue weighted by atomic mass is 10.00. The lowest BCUT2D eigenvalue weighted by molar-refractivity contribution is -0.145. The predicted octanol–water partition coefficient (Wildman–Crippen LogP) is 3.82. The molecule has 3 unspecified atom stereocenters. The van der Waals surface area contributed by atoms with E-state index in [4.69, 9.17) is 10.3 Å². The number of rotatable bonds is 13. The first-order chi connectivity index (χ1) is 15.3. The van der Waals surface area contributed by atoms with Crippen molar-refractivity contribution in [3.63, 3.8) is 0 Å². The van der Waals surface area contributed by atoms with Crippen molar-refractivity contribution < 1.29 is 28.7 Å². The van der Waals surface area contributed by atoms with E-state index in [1.54, 1.807) is 0 Å². The molecule has 0 heterocycles. The van der Waals surface area contributed by atoms with Crippen molar-refractivity contribution in [3.05, 3.63) is 35.9 Å². The first kappa shape index (κ1) is 26.5. The Balaban J connectivity index is 2.11. The lowest BCUT2D eigenvalue weighted by Gasteiger charge is -2.31. The number of nitrogens with two attached hydrogens (primary N) is 1. The van der Waals surface area contributed by atoms with Gasteiger partial charge in [0, 0.05) is 6.42 Å². The minimum absolute atomic E-state index is 0.0937. The fraction of sp³-hybridized carbons (Fsp3) is 0.652. The van der Waals surface area contributed by atoms with E-state index in [1.165, 1.54) is 0 Å². The Hall–Kier alpha value is -1.73. The molecule has 32 heavy (non-hydrogen) atoms. The van der Waals surface area contributed by atoms with Gasteiger partial charge < -0.3 is 21.1 Å². The van der Waals surface area contributed by atoms with Gasteiger partial charge in [-0.3, -0.25) is 13.9 Å². The summed E-state index contributed by atoms with van der Waals surface area (Å²) in [6.07, 6.45) is 5.73. The first-order valence-corrected chi connectivity index (χ1v) is 13.2. The van der Waals surface area contributed by atoms with Crippen LogP contribution in [0.3, 0.4) is 0 Å². The van der Waals surface area contributed by atoms with Gasteiger partial charge in [-0.15, -0.1) is 0 Å². The van der Waals surface area contributed by atoms with Gasteiger partial charge in [0.25, 0.3) is 0 Å². The molecule has 1 amide bonds. The van der Waals surface area contributed by atoms with Crippen molar-refractivity contribution in [1.82, 2.24) is 5.32 Å². The minimum atomic E-state index is -4.44. The van der Waals surface area contributed by atoms with Crippen LogP contribution in [-0.2, 0) is 25.1 Å². The summed E-state index contributed by atoms with van der Waals surface area (Å²) in [6.45, 7) is 0.408. The van der Waals surface area contributed by atoms with E-state index in [0.29, 0.717) is 38.6 Å². The summed E-state index contributed by atoms with van der Waals surface area (Å²) in [5, 5.41) is 12.2. The average molecular weight is 469 g/mol. The molecule has 1 aromatic carbocycles. The fourth-order valence-corrected chi connectivity index (χ4v) is 6.00. The second kappa shape index (κ2) is 13.7. The topological polar surface area (TPSA) is 139 Å². The second-order valence-corrected chi connectivity index (χ2v) is 10.4. The molecular formula is C23H37N2O6P. The number of aryl methyl sites for hydroxylation is 1. The van der Waals surface area contributed by atoms with Crippen LogP contribution >= 0.6 is 7.60 Å². The van der Waals surface area contributed by atoms with Crippen LogP contribution in [0.4, 0.5) is 0 Å². The number of carbonyl (C=O) groups excluding carboxylic acids is 1. The molecule has 2 rings (SSSR count). The van der Waals surface area contributed by atoms with Gasteiger partial charge in [0.05, 0.1) is 0 Å². The molecular weight excluding hydrogens is 431 g/mol. The third-order valence-corrected chi connectivity index (χ3v) is 7.77. The van der Waals surface area contributed by atoms with Gasteiger partial charge in [-0.2, -0.15) is 0 Å². The molecule has 0 aromatic heterocycles. The van der Waals surface area contributed by atoms with Crippen molar-refractivity contribution in [3.8, 4) is 0 Å². The highest BCUT2D eigenvalue weighted by Gasteiger charge is 2.42. The molecule has 1 aliphatic carbocycles. The summed E-state index contributed by atoms with van der Waals surface area (Å²) in [5.74, 6) is -2.96. The predicted molar refractivity (Wildman–Crippen MR) is 123 cm³/mol. The third kappa shape index (κ3) is 9.02. The largest absolute Gasteiger partial charge is 0.479 e. The van der Waals surface area contributed by atoms with Crippen molar-refractivity contribution in [1.29, 1.82) is 0 Å². The minimum Gasteiger partial charge on any atom is -0.479 e. The second-order valence-electron chi connectivity index (χ2n) is 8.53. The third-order valence-electron chi connectivity index (χ3n) is 5.96. The average Bonchev–Trinajstić information content (AvgIpc) is 3.05. The molecule has 9 heteroatoms. The molecule has 0 saturated heterocycles. The highest BCUT2D eigenvalue weighted by Crippen LogP contribution is 2.53. The molecule has 0 bridgehead atoms. The Morgan fingerprint density at radius 3 is 2.38 bits per heavy atom. The Bertz CT molecular complexity index is 752. The van der Waals surface area contributed by atoms with Gasteiger partial charge in [0.1, 0.15) is 5.78 Å². The van der Waals surface area contributed by atoms with Crippen LogP contribution in [0.1, 0.15) is 69.8 Å². The number of benzene rings is 1. The van der Waals surface area contributed by atoms with Crippen molar-refractivity contribution >= 4 is 19.5 Å². The van der Waals surface area contributed by atoms with Crippen LogP contribution in [0, 0.1) is 5.92 Å². The zero-order chi connectivity index (χ0) is 23.4. The van der Waals surface area contributed by atoms with Gasteiger partial charge >= 0.3 is 13.6 Å². The molecule has 1 aromatic rings. The maximum absolute atomic E-state index is 13.3. The molecule has 1 fully saturated rings. The summed E-state index contributed by atoms with van der Waals surface area (Å²) in [7, 11) is -4.44. The molecule has 1 saturated carbocycles. The van der Waals surface area contributed by atoms with Gasteiger partial charge in [0.2, 0.25) is 5.91 Å². The summed E-state index contributed by atoms with van der Waals surface area (Å²) in [5.41, 5.74) is 6.47. The molecule has 0 radical (unpaired) electrons. The van der Waals surface area contributed by atoms with Crippen LogP contribution < -0.4 is 11.1 Å². The number of unbranched alkanes of at least 4 members (excludes halogenated alkanes) is 1. The van der Waals surface area contributed by atoms with E-state index < -0.39 is 25.5 Å². The highest BCUT2D eigenvalue weighted by molar-refractivity contribution is 7.53. The number of carbonyl (C=O) groups is 2. The van der Waals surface area contributed by atoms with E-state index >= 15 is 0 Å². The zero-order valence-electron chi connectivity index (χ0n) is 18.7. The summed E-state index contributed by atoms with van der Waals surface area (Å²) >= 11 is 0. The number of nitrogens with one attached hydrogen (secondary N) is 1. The monoisotopic (exact) mass is 468 g/mol. The van der Waals surface area contributed by atoms with E-state index in [2.05, 4.69) is 5.32 Å². The van der Waals surface area contributed by atoms with Gasteiger partial charge in [0.15, 0.2) is 6.10 Å². The zero-order valence-corrected chi connectivity index (χ0v) is 19.6. The molecule has 8 nitrogen and oxygen atoms in total. The van der Waals surface area contributed by atoms with Crippen molar-refractivity contribution in [2.75, 3.05) is 6.54 Å². The first-order valence-electron chi connectivity index (χ1n) is 11.6. The van der Waals surface area contributed by atoms with Crippen LogP contribution in [0.2, 0.25) is 0 Å². The molecule has 0 spiro atoms. The number of aliphatic carboxylic acids is 1. The van der Waals surface area contributed by atoms with Crippen LogP contribution in [0.15, 0.2) is 30.3 Å². The Kier molecular flexibility index (Phi) is 11.4. The maximum atomic E-state index is 13.3.